The number of nitriles is 1. The van der Waals surface area contributed by atoms with Crippen LogP contribution >= 0.6 is 15.9 Å². The van der Waals surface area contributed by atoms with Crippen molar-refractivity contribution in [1.29, 1.82) is 5.26 Å². The zero-order valence-corrected chi connectivity index (χ0v) is 12.2. The lowest BCUT2D eigenvalue weighted by atomic mass is 10.1. The van der Waals surface area contributed by atoms with Crippen LogP contribution in [0.3, 0.4) is 0 Å². The minimum absolute atomic E-state index is 0.258. The van der Waals surface area contributed by atoms with Gasteiger partial charge in [-0.05, 0) is 44.2 Å². The number of nitrogens with zero attached hydrogens (tertiary/aromatic N) is 2. The third kappa shape index (κ3) is 3.04. The fraction of sp³-hybridized carbons (Fsp3) is 0.500. The van der Waals surface area contributed by atoms with Gasteiger partial charge in [0.15, 0.2) is 0 Å². The van der Waals surface area contributed by atoms with Crippen molar-refractivity contribution in [3.8, 4) is 6.07 Å². The number of nitrogens with one attached hydrogen (secondary N) is 1. The molecule has 1 heterocycles. The van der Waals surface area contributed by atoms with Gasteiger partial charge < -0.3 is 10.2 Å². The third-order valence-electron chi connectivity index (χ3n) is 3.44. The summed E-state index contributed by atoms with van der Waals surface area (Å²) < 4.78 is 1.09. The molecule has 0 aliphatic carbocycles. The Morgan fingerprint density at radius 1 is 1.44 bits per heavy atom. The first-order valence-corrected chi connectivity index (χ1v) is 7.13. The van der Waals surface area contributed by atoms with Gasteiger partial charge in [-0.25, -0.2) is 0 Å². The number of hydrogen-bond donors (Lipinski definition) is 1. The van der Waals surface area contributed by atoms with Crippen LogP contribution in [0.1, 0.15) is 19.8 Å². The molecule has 0 spiro atoms. The van der Waals surface area contributed by atoms with Crippen LogP contribution in [-0.4, -0.2) is 25.2 Å². The Morgan fingerprint density at radius 2 is 2.17 bits per heavy atom. The molecule has 0 bridgehead atoms. The molecule has 0 aromatic heterocycles. The summed E-state index contributed by atoms with van der Waals surface area (Å²) >= 11 is 3.46. The molecule has 96 valence electrons. The largest absolute Gasteiger partial charge is 0.363 e. The number of hydrogen-bond acceptors (Lipinski definition) is 3. The highest BCUT2D eigenvalue weighted by atomic mass is 79.9. The maximum atomic E-state index is 8.99. The van der Waals surface area contributed by atoms with Gasteiger partial charge in [-0.15, -0.1) is 0 Å². The molecule has 4 heteroatoms. The van der Waals surface area contributed by atoms with E-state index < -0.39 is 0 Å². The van der Waals surface area contributed by atoms with E-state index in [9.17, 15) is 0 Å². The van der Waals surface area contributed by atoms with Gasteiger partial charge in [-0.1, -0.05) is 15.9 Å². The quantitative estimate of drug-likeness (QED) is 0.913. The third-order valence-corrected chi connectivity index (χ3v) is 3.97. The highest BCUT2D eigenvalue weighted by molar-refractivity contribution is 9.10. The van der Waals surface area contributed by atoms with E-state index in [0.29, 0.717) is 12.5 Å². The zero-order chi connectivity index (χ0) is 13.0. The monoisotopic (exact) mass is 307 g/mol. The molecule has 1 aliphatic heterocycles. The highest BCUT2D eigenvalue weighted by Crippen LogP contribution is 2.25. The van der Waals surface area contributed by atoms with Gasteiger partial charge in [0.25, 0.3) is 0 Å². The first-order chi connectivity index (χ1) is 8.72. The summed E-state index contributed by atoms with van der Waals surface area (Å²) in [5.74, 6) is 0. The molecular weight excluding hydrogens is 290 g/mol. The van der Waals surface area contributed by atoms with Crippen LogP contribution in [0.2, 0.25) is 0 Å². The van der Waals surface area contributed by atoms with Crippen LogP contribution in [0.25, 0.3) is 0 Å². The predicted molar refractivity (Wildman–Crippen MR) is 77.6 cm³/mol. The van der Waals surface area contributed by atoms with Crippen molar-refractivity contribution in [2.45, 2.75) is 31.8 Å². The molecule has 2 atom stereocenters. The van der Waals surface area contributed by atoms with Gasteiger partial charge in [0.05, 0.1) is 18.5 Å². The van der Waals surface area contributed by atoms with E-state index in [0.717, 1.165) is 24.0 Å². The van der Waals surface area contributed by atoms with Gasteiger partial charge in [0, 0.05) is 22.7 Å². The second kappa shape index (κ2) is 6.21. The van der Waals surface area contributed by atoms with Crippen molar-refractivity contribution >= 4 is 21.6 Å². The van der Waals surface area contributed by atoms with Gasteiger partial charge in [-0.3, -0.25) is 0 Å². The first kappa shape index (κ1) is 13.4. The van der Waals surface area contributed by atoms with E-state index in [-0.39, 0.29) is 6.04 Å². The molecule has 1 N–H and O–H groups in total. The lowest BCUT2D eigenvalue weighted by Gasteiger charge is -2.35. The van der Waals surface area contributed by atoms with Gasteiger partial charge in [0.2, 0.25) is 0 Å². The summed E-state index contributed by atoms with van der Waals surface area (Å²) in [6.45, 7) is 4.14. The van der Waals surface area contributed by atoms with Crippen molar-refractivity contribution in [1.82, 2.24) is 5.32 Å². The number of anilines is 1. The van der Waals surface area contributed by atoms with Crippen molar-refractivity contribution in [2.24, 2.45) is 0 Å². The van der Waals surface area contributed by atoms with Crippen molar-refractivity contribution in [3.05, 3.63) is 28.7 Å². The Bertz CT molecular complexity index is 424. The fourth-order valence-electron chi connectivity index (χ4n) is 2.53. The molecule has 1 aliphatic rings. The Balaban J connectivity index is 2.28. The molecule has 3 nitrogen and oxygen atoms in total. The molecule has 0 saturated carbocycles. The molecule has 1 saturated heterocycles. The van der Waals surface area contributed by atoms with E-state index in [4.69, 9.17) is 5.26 Å². The SMILES string of the molecule is CC1CCNCC(CC#N)N1c1ccc(Br)cc1. The normalized spacial score (nSPS) is 24.4. The fourth-order valence-corrected chi connectivity index (χ4v) is 2.80. The summed E-state index contributed by atoms with van der Waals surface area (Å²) in [4.78, 5) is 2.38. The smallest absolute Gasteiger partial charge is 0.0643 e. The Labute approximate surface area is 117 Å². The van der Waals surface area contributed by atoms with Crippen LogP contribution in [0.5, 0.6) is 0 Å². The molecule has 2 unspecified atom stereocenters. The lowest BCUT2D eigenvalue weighted by Crippen LogP contribution is -2.43. The molecule has 1 aromatic carbocycles. The minimum Gasteiger partial charge on any atom is -0.363 e. The van der Waals surface area contributed by atoms with Crippen LogP contribution in [0.15, 0.2) is 28.7 Å². The van der Waals surface area contributed by atoms with Crippen molar-refractivity contribution in [3.63, 3.8) is 0 Å². The Kier molecular flexibility index (Phi) is 4.62. The Hall–Kier alpha value is -1.05. The van der Waals surface area contributed by atoms with Crippen molar-refractivity contribution in [2.75, 3.05) is 18.0 Å². The van der Waals surface area contributed by atoms with Gasteiger partial charge >= 0.3 is 0 Å². The Morgan fingerprint density at radius 3 is 2.83 bits per heavy atom. The highest BCUT2D eigenvalue weighted by Gasteiger charge is 2.25. The lowest BCUT2D eigenvalue weighted by molar-refractivity contribution is 0.551. The first-order valence-electron chi connectivity index (χ1n) is 6.34. The molecule has 18 heavy (non-hydrogen) atoms. The van der Waals surface area contributed by atoms with Gasteiger partial charge in [-0.2, -0.15) is 5.26 Å². The molecule has 1 fully saturated rings. The summed E-state index contributed by atoms with van der Waals surface area (Å²) in [6.07, 6.45) is 1.67. The second-order valence-electron chi connectivity index (χ2n) is 4.74. The molecular formula is C14H18BrN3. The maximum Gasteiger partial charge on any atom is 0.0643 e. The van der Waals surface area contributed by atoms with E-state index in [1.807, 2.05) is 0 Å². The molecule has 2 rings (SSSR count). The molecule has 0 radical (unpaired) electrons. The van der Waals surface area contributed by atoms with Crippen LogP contribution in [-0.2, 0) is 0 Å². The molecule has 0 amide bonds. The topological polar surface area (TPSA) is 39.1 Å². The van der Waals surface area contributed by atoms with E-state index in [1.165, 1.54) is 5.69 Å². The summed E-state index contributed by atoms with van der Waals surface area (Å²) in [6, 6.07) is 11.4. The average Bonchev–Trinajstić information content (AvgIpc) is 2.53. The molecule has 1 aromatic rings. The van der Waals surface area contributed by atoms with Gasteiger partial charge in [0.1, 0.15) is 0 Å². The average molecular weight is 308 g/mol. The summed E-state index contributed by atoms with van der Waals surface area (Å²) in [7, 11) is 0. The van der Waals surface area contributed by atoms with Crippen molar-refractivity contribution < 1.29 is 0 Å². The standard InChI is InChI=1S/C14H18BrN3/c1-11-7-9-17-10-14(6-8-16)18(11)13-4-2-12(15)3-5-13/h2-5,11,14,17H,6-7,9-10H2,1H3. The minimum atomic E-state index is 0.258. The van der Waals surface area contributed by atoms with E-state index in [2.05, 4.69) is 63.4 Å². The number of rotatable bonds is 2. The zero-order valence-electron chi connectivity index (χ0n) is 10.6. The van der Waals surface area contributed by atoms with Crippen LogP contribution in [0.4, 0.5) is 5.69 Å². The van der Waals surface area contributed by atoms with Crippen LogP contribution in [0, 0.1) is 11.3 Å². The summed E-state index contributed by atoms with van der Waals surface area (Å²) in [5.41, 5.74) is 1.20. The van der Waals surface area contributed by atoms with E-state index >= 15 is 0 Å². The van der Waals surface area contributed by atoms with Crippen LogP contribution < -0.4 is 10.2 Å². The number of halogens is 1. The number of benzene rings is 1. The van der Waals surface area contributed by atoms with E-state index in [1.54, 1.807) is 0 Å². The second-order valence-corrected chi connectivity index (χ2v) is 5.66. The predicted octanol–water partition coefficient (Wildman–Crippen LogP) is 2.92. The maximum absolute atomic E-state index is 8.99. The summed E-state index contributed by atoms with van der Waals surface area (Å²) in [5, 5.41) is 12.4.